The van der Waals surface area contributed by atoms with Gasteiger partial charge in [0.15, 0.2) is 11.5 Å². The topological polar surface area (TPSA) is 44.3 Å². The van der Waals surface area contributed by atoms with Gasteiger partial charge in [0.25, 0.3) is 0 Å². The highest BCUT2D eigenvalue weighted by molar-refractivity contribution is 7.08. The third kappa shape index (κ3) is 1.50. The maximum absolute atomic E-state index is 12.5. The molecular weight excluding hydrogens is 193 g/mol. The predicted molar refractivity (Wildman–Crippen MR) is 46.0 cm³/mol. The van der Waals surface area contributed by atoms with Crippen molar-refractivity contribution in [2.75, 3.05) is 0 Å². The lowest BCUT2D eigenvalue weighted by molar-refractivity contribution is 0.396. The predicted octanol–water partition coefficient (Wildman–Crippen LogP) is 1.75. The Balaban J connectivity index is 2.54. The zero-order valence-electron chi connectivity index (χ0n) is 6.36. The van der Waals surface area contributed by atoms with Crippen molar-refractivity contribution < 1.29 is 8.91 Å². The molecule has 1 heterocycles. The first-order chi connectivity index (χ1) is 6.27. The number of rotatable bonds is 1. The van der Waals surface area contributed by atoms with Crippen molar-refractivity contribution in [1.82, 2.24) is 4.55 Å². The molecule has 0 atom stereocenters. The van der Waals surface area contributed by atoms with E-state index in [4.69, 9.17) is 0 Å². The quantitative estimate of drug-likeness (QED) is 0.654. The molecule has 5 heteroatoms. The molecule has 0 fully saturated rings. The van der Waals surface area contributed by atoms with Crippen LogP contribution in [-0.4, -0.2) is 0 Å². The van der Waals surface area contributed by atoms with Crippen molar-refractivity contribution in [3.8, 4) is 10.4 Å². The van der Waals surface area contributed by atoms with E-state index in [9.17, 15) is 9.18 Å². The Labute approximate surface area is 76.6 Å². The van der Waals surface area contributed by atoms with Gasteiger partial charge in [0.2, 0.25) is 0 Å². The highest BCUT2D eigenvalue weighted by Crippen LogP contribution is 2.18. The molecular formula is C8H4FNO2S. The average Bonchev–Trinajstić information content (AvgIpc) is 2.53. The van der Waals surface area contributed by atoms with E-state index in [0.29, 0.717) is 10.4 Å². The Morgan fingerprint density at radius 1 is 1.31 bits per heavy atom. The minimum atomic E-state index is -0.489. The molecule has 0 radical (unpaired) electrons. The molecule has 0 amide bonds. The van der Waals surface area contributed by atoms with E-state index in [1.165, 1.54) is 24.3 Å². The minimum absolute atomic E-state index is 0.336. The first kappa shape index (κ1) is 8.12. The van der Waals surface area contributed by atoms with Crippen LogP contribution in [0.4, 0.5) is 4.39 Å². The van der Waals surface area contributed by atoms with Crippen LogP contribution >= 0.6 is 11.5 Å². The lowest BCUT2D eigenvalue weighted by Crippen LogP contribution is -1.94. The Morgan fingerprint density at radius 2 is 2.00 bits per heavy atom. The fourth-order valence-electron chi connectivity index (χ4n) is 0.940. The molecule has 0 saturated heterocycles. The van der Waals surface area contributed by atoms with Crippen molar-refractivity contribution >= 4 is 11.5 Å². The SMILES string of the molecule is O=c1o[n-][s+]c1-c1ccc(F)cc1. The number of benzene rings is 1. The number of hydrogen-bond donors (Lipinski definition) is 0. The van der Waals surface area contributed by atoms with Gasteiger partial charge in [-0.05, 0) is 24.3 Å². The summed E-state index contributed by atoms with van der Waals surface area (Å²) in [6, 6.07) is 5.60. The summed E-state index contributed by atoms with van der Waals surface area (Å²) in [7, 11) is 0. The fourth-order valence-corrected chi connectivity index (χ4v) is 1.47. The van der Waals surface area contributed by atoms with Crippen LogP contribution in [0.15, 0.2) is 33.6 Å². The standard InChI is InChI=1S/C8H4FNO2S/c9-6-3-1-5(2-4-6)7-8(11)12-10-13-7/h1-4H. The summed E-state index contributed by atoms with van der Waals surface area (Å²) in [4.78, 5) is 11.4. The van der Waals surface area contributed by atoms with Crippen LogP contribution in [0.1, 0.15) is 0 Å². The molecule has 0 aliphatic rings. The highest BCUT2D eigenvalue weighted by atomic mass is 32.1. The van der Waals surface area contributed by atoms with Gasteiger partial charge < -0.3 is 4.52 Å². The zero-order valence-corrected chi connectivity index (χ0v) is 7.18. The summed E-state index contributed by atoms with van der Waals surface area (Å²) >= 11 is 0.957. The molecule has 3 nitrogen and oxygen atoms in total. The third-order valence-corrected chi connectivity index (χ3v) is 2.27. The van der Waals surface area contributed by atoms with E-state index < -0.39 is 5.63 Å². The summed E-state index contributed by atoms with van der Waals surface area (Å²) in [5.74, 6) is -0.336. The summed E-state index contributed by atoms with van der Waals surface area (Å²) in [6.07, 6.45) is 0. The Morgan fingerprint density at radius 3 is 2.54 bits per heavy atom. The molecule has 1 aromatic heterocycles. The highest BCUT2D eigenvalue weighted by Gasteiger charge is 2.13. The van der Waals surface area contributed by atoms with E-state index in [1.54, 1.807) is 0 Å². The second kappa shape index (κ2) is 3.10. The van der Waals surface area contributed by atoms with Crippen molar-refractivity contribution in [3.63, 3.8) is 0 Å². The smallest absolute Gasteiger partial charge is 0.389 e. The molecule has 13 heavy (non-hydrogen) atoms. The molecule has 0 aliphatic heterocycles. The number of nitrogens with zero attached hydrogens (tertiary/aromatic N) is 1. The average molecular weight is 197 g/mol. The first-order valence-corrected chi connectivity index (χ1v) is 4.26. The summed E-state index contributed by atoms with van der Waals surface area (Å²) in [5.41, 5.74) is 0.134. The Bertz CT molecular complexity index is 459. The molecule has 66 valence electrons. The van der Waals surface area contributed by atoms with Gasteiger partial charge in [-0.1, -0.05) is 0 Å². The van der Waals surface area contributed by atoms with E-state index in [0.717, 1.165) is 11.5 Å². The Kier molecular flexibility index (Phi) is 1.94. The van der Waals surface area contributed by atoms with Gasteiger partial charge in [0, 0.05) is 5.56 Å². The van der Waals surface area contributed by atoms with Gasteiger partial charge in [-0.15, -0.1) is 0 Å². The van der Waals surface area contributed by atoms with E-state index in [2.05, 4.69) is 9.07 Å². The van der Waals surface area contributed by atoms with Gasteiger partial charge in [0.1, 0.15) is 5.82 Å². The normalized spacial score (nSPS) is 10.2. The fraction of sp³-hybridized carbons (Fsp3) is 0. The Hall–Kier alpha value is -1.49. The minimum Gasteiger partial charge on any atom is -0.476 e. The largest absolute Gasteiger partial charge is 0.476 e. The number of aromatic nitrogens is 1. The number of hydrogen-bond acceptors (Lipinski definition) is 2. The van der Waals surface area contributed by atoms with Crippen LogP contribution in [0.2, 0.25) is 0 Å². The maximum Gasteiger partial charge on any atom is 0.389 e. The van der Waals surface area contributed by atoms with Crippen molar-refractivity contribution in [3.05, 3.63) is 40.5 Å². The van der Waals surface area contributed by atoms with Gasteiger partial charge in [0.05, 0.1) is 0 Å². The second-order valence-electron chi connectivity index (χ2n) is 2.38. The van der Waals surface area contributed by atoms with Gasteiger partial charge >= 0.3 is 10.5 Å². The van der Waals surface area contributed by atoms with Crippen LogP contribution in [-0.2, 0) is 0 Å². The van der Waals surface area contributed by atoms with Crippen LogP contribution in [0, 0.1) is 5.82 Å². The summed E-state index contributed by atoms with van der Waals surface area (Å²) < 4.78 is 20.3. The molecule has 0 unspecified atom stereocenters. The van der Waals surface area contributed by atoms with Gasteiger partial charge in [-0.25, -0.2) is 13.7 Å². The van der Waals surface area contributed by atoms with Crippen LogP contribution in [0.5, 0.6) is 0 Å². The molecule has 2 aromatic rings. The van der Waals surface area contributed by atoms with E-state index in [-0.39, 0.29) is 5.82 Å². The van der Waals surface area contributed by atoms with Crippen molar-refractivity contribution in [1.29, 1.82) is 0 Å². The third-order valence-electron chi connectivity index (χ3n) is 1.54. The van der Waals surface area contributed by atoms with E-state index >= 15 is 0 Å². The molecule has 2 rings (SSSR count). The summed E-state index contributed by atoms with van der Waals surface area (Å²) in [6.45, 7) is 0. The molecule has 0 aliphatic carbocycles. The van der Waals surface area contributed by atoms with Crippen LogP contribution in [0.3, 0.4) is 0 Å². The molecule has 0 N–H and O–H groups in total. The summed E-state index contributed by atoms with van der Waals surface area (Å²) in [5, 5.41) is 0. The van der Waals surface area contributed by atoms with Crippen LogP contribution in [0.25, 0.3) is 10.4 Å². The molecule has 0 saturated carbocycles. The van der Waals surface area contributed by atoms with Gasteiger partial charge in [-0.3, -0.25) is 0 Å². The second-order valence-corrected chi connectivity index (χ2v) is 3.12. The zero-order chi connectivity index (χ0) is 9.26. The lowest BCUT2D eigenvalue weighted by atomic mass is 10.2. The van der Waals surface area contributed by atoms with Gasteiger partial charge in [-0.2, -0.15) is 0 Å². The molecule has 0 bridgehead atoms. The first-order valence-electron chi connectivity index (χ1n) is 3.49. The van der Waals surface area contributed by atoms with Crippen molar-refractivity contribution in [2.45, 2.75) is 0 Å². The lowest BCUT2D eigenvalue weighted by Gasteiger charge is -1.88. The maximum atomic E-state index is 12.5. The number of halogens is 1. The van der Waals surface area contributed by atoms with Crippen molar-refractivity contribution in [2.24, 2.45) is 0 Å². The van der Waals surface area contributed by atoms with Crippen LogP contribution < -0.4 is 10.2 Å². The van der Waals surface area contributed by atoms with E-state index in [1.807, 2.05) is 0 Å². The molecule has 1 aromatic carbocycles. The monoisotopic (exact) mass is 197 g/mol. The molecule has 0 spiro atoms.